The van der Waals surface area contributed by atoms with Gasteiger partial charge in [-0.25, -0.2) is 0 Å². The fourth-order valence-electron chi connectivity index (χ4n) is 6.53. The lowest BCUT2D eigenvalue weighted by Gasteiger charge is -2.57. The number of hydrogen-bond donors (Lipinski definition) is 0. The molecule has 2 aliphatic heterocycles. The fourth-order valence-corrected chi connectivity index (χ4v) is 6.53. The Morgan fingerprint density at radius 2 is 0.886 bits per heavy atom. The number of nitro groups is 4. The van der Waals surface area contributed by atoms with Crippen LogP contribution in [-0.4, -0.2) is 73.3 Å². The number of benzene rings is 2. The molecule has 44 heavy (non-hydrogen) atoms. The van der Waals surface area contributed by atoms with Gasteiger partial charge >= 0.3 is 0 Å². The van der Waals surface area contributed by atoms with Crippen molar-refractivity contribution in [1.29, 1.82) is 0 Å². The van der Waals surface area contributed by atoms with Gasteiger partial charge in [0.05, 0.1) is 53.8 Å². The van der Waals surface area contributed by atoms with Gasteiger partial charge in [-0.2, -0.15) is 0 Å². The first kappa shape index (κ1) is 31.6. The highest BCUT2D eigenvalue weighted by atomic mass is 16.6. The van der Waals surface area contributed by atoms with Crippen LogP contribution in [0.2, 0.25) is 0 Å². The fraction of sp³-hybridized carbons (Fsp3) is 0.444. The number of piperidine rings is 2. The molecule has 2 bridgehead atoms. The number of non-ortho nitro benzene ring substituents is 4. The van der Waals surface area contributed by atoms with Gasteiger partial charge in [0.1, 0.15) is 0 Å². The number of Topliss-reactive ketones (excluding diaryl/α,β-unsaturated/α-hetero) is 1. The Bertz CT molecular complexity index is 1410. The van der Waals surface area contributed by atoms with Gasteiger partial charge in [0, 0.05) is 50.4 Å². The molecule has 0 saturated carbocycles. The van der Waals surface area contributed by atoms with Crippen molar-refractivity contribution in [1.82, 2.24) is 9.80 Å². The molecule has 2 amide bonds. The summed E-state index contributed by atoms with van der Waals surface area (Å²) in [6.45, 7) is 2.83. The summed E-state index contributed by atoms with van der Waals surface area (Å²) < 4.78 is 0. The van der Waals surface area contributed by atoms with Crippen molar-refractivity contribution in [3.05, 3.63) is 88.0 Å². The largest absolute Gasteiger partial charge is 0.336 e. The van der Waals surface area contributed by atoms with Gasteiger partial charge in [-0.1, -0.05) is 26.7 Å². The molecule has 0 unspecified atom stereocenters. The molecule has 2 aromatic carbocycles. The Morgan fingerprint density at radius 1 is 0.614 bits per heavy atom. The third-order valence-electron chi connectivity index (χ3n) is 8.11. The summed E-state index contributed by atoms with van der Waals surface area (Å²) in [5.74, 6) is -1.67. The summed E-state index contributed by atoms with van der Waals surface area (Å²) in [5, 5.41) is 45.7. The molecule has 0 atom stereocenters. The van der Waals surface area contributed by atoms with Crippen LogP contribution in [-0.2, 0) is 4.79 Å². The van der Waals surface area contributed by atoms with Crippen LogP contribution in [0.1, 0.15) is 60.2 Å². The van der Waals surface area contributed by atoms with Crippen LogP contribution in [0, 0.1) is 51.3 Å². The minimum Gasteiger partial charge on any atom is -0.336 e. The van der Waals surface area contributed by atoms with Crippen molar-refractivity contribution < 1.29 is 34.1 Å². The number of nitrogens with zero attached hydrogens (tertiary/aromatic N) is 6. The van der Waals surface area contributed by atoms with Crippen molar-refractivity contribution in [2.75, 3.05) is 26.2 Å². The maximum Gasteiger partial charge on any atom is 0.277 e. The molecular weight excluding hydrogens is 584 g/mol. The number of amides is 2. The highest BCUT2D eigenvalue weighted by Crippen LogP contribution is 2.48. The van der Waals surface area contributed by atoms with Crippen LogP contribution >= 0.6 is 0 Å². The van der Waals surface area contributed by atoms with E-state index in [1.807, 2.05) is 0 Å². The predicted octanol–water partition coefficient (Wildman–Crippen LogP) is 4.07. The van der Waals surface area contributed by atoms with Crippen LogP contribution in [0.5, 0.6) is 0 Å². The summed E-state index contributed by atoms with van der Waals surface area (Å²) in [6.07, 6.45) is 1.38. The third kappa shape index (κ3) is 5.67. The van der Waals surface area contributed by atoms with Crippen molar-refractivity contribution in [2.24, 2.45) is 10.8 Å². The molecule has 0 aromatic heterocycles. The number of carbonyl (C=O) groups is 3. The number of likely N-dealkylation sites (tertiary alicyclic amines) is 2. The lowest BCUT2D eigenvalue weighted by Crippen LogP contribution is -2.71. The van der Waals surface area contributed by atoms with E-state index in [0.29, 0.717) is 12.8 Å². The zero-order chi connectivity index (χ0) is 32.6. The van der Waals surface area contributed by atoms with E-state index in [1.165, 1.54) is 9.80 Å². The quantitative estimate of drug-likeness (QED) is 0.274. The van der Waals surface area contributed by atoms with E-state index >= 15 is 0 Å². The molecule has 0 N–H and O–H groups in total. The van der Waals surface area contributed by atoms with Gasteiger partial charge in [-0.15, -0.1) is 0 Å². The van der Waals surface area contributed by atoms with Crippen LogP contribution in [0.15, 0.2) is 36.4 Å². The maximum absolute atomic E-state index is 14.2. The van der Waals surface area contributed by atoms with Gasteiger partial charge < -0.3 is 9.80 Å². The SMILES string of the molecule is CCCC12CN(C(=O)c3cc([N+](=O)[O-])cc([N+](=O)[O-])c3)CC(CCC)(CN(C(=O)c3cc([N+](=O)[O-])cc([N+](=O)[O-])c3)C1)C2=O. The van der Waals surface area contributed by atoms with Gasteiger partial charge in [0.15, 0.2) is 5.78 Å². The van der Waals surface area contributed by atoms with Crippen LogP contribution in [0.25, 0.3) is 0 Å². The molecule has 2 fully saturated rings. The number of hydrogen-bond acceptors (Lipinski definition) is 11. The highest BCUT2D eigenvalue weighted by Gasteiger charge is 2.60. The van der Waals surface area contributed by atoms with E-state index in [0.717, 1.165) is 36.4 Å². The van der Waals surface area contributed by atoms with Crippen LogP contribution in [0.3, 0.4) is 0 Å². The minimum atomic E-state index is -1.30. The van der Waals surface area contributed by atoms with E-state index in [9.17, 15) is 54.8 Å². The molecular formula is C27H28N6O11. The summed E-state index contributed by atoms with van der Waals surface area (Å²) in [4.78, 5) is 86.8. The minimum absolute atomic E-state index is 0.170. The van der Waals surface area contributed by atoms with Crippen LogP contribution in [0.4, 0.5) is 22.7 Å². The summed E-state index contributed by atoms with van der Waals surface area (Å²) >= 11 is 0. The standard InChI is InChI=1S/C27H28N6O11/c1-3-5-26-13-28(23(34)17-7-19(30(37)38)11-20(8-17)31(39)40)15-27(6-4-2,25(26)36)16-29(14-26)24(35)18-9-21(32(41)42)12-22(10-18)33(43)44/h7-12H,3-6,13-16H2,1-2H3. The Morgan fingerprint density at radius 3 is 1.11 bits per heavy atom. The van der Waals surface area contributed by atoms with Crippen molar-refractivity contribution >= 4 is 40.3 Å². The maximum atomic E-state index is 14.2. The second kappa shape index (κ2) is 11.7. The van der Waals surface area contributed by atoms with Crippen LogP contribution < -0.4 is 0 Å². The van der Waals surface area contributed by atoms with Gasteiger partial charge in [0.25, 0.3) is 34.6 Å². The second-order valence-corrected chi connectivity index (χ2v) is 11.2. The topological polar surface area (TPSA) is 230 Å². The molecule has 2 saturated heterocycles. The molecule has 2 aliphatic rings. The average Bonchev–Trinajstić information content (AvgIpc) is 2.97. The Hall–Kier alpha value is -5.35. The summed E-state index contributed by atoms with van der Waals surface area (Å²) in [6, 6.07) is 5.22. The lowest BCUT2D eigenvalue weighted by molar-refractivity contribution is -0.394. The third-order valence-corrected chi connectivity index (χ3v) is 8.11. The zero-order valence-corrected chi connectivity index (χ0v) is 23.8. The first-order valence-electron chi connectivity index (χ1n) is 13.7. The molecule has 0 spiro atoms. The molecule has 4 rings (SSSR count). The Balaban J connectivity index is 1.78. The number of carbonyl (C=O) groups excluding carboxylic acids is 3. The monoisotopic (exact) mass is 612 g/mol. The number of ketones is 1. The average molecular weight is 613 g/mol. The van der Waals surface area contributed by atoms with Gasteiger partial charge in [-0.3, -0.25) is 54.8 Å². The van der Waals surface area contributed by atoms with Crippen molar-refractivity contribution in [2.45, 2.75) is 39.5 Å². The number of rotatable bonds is 10. The van der Waals surface area contributed by atoms with E-state index < -0.39 is 65.1 Å². The molecule has 17 nitrogen and oxygen atoms in total. The molecule has 2 heterocycles. The Labute approximate surface area is 249 Å². The van der Waals surface area contributed by atoms with E-state index in [4.69, 9.17) is 0 Å². The summed E-state index contributed by atoms with van der Waals surface area (Å²) in [5.41, 5.74) is -5.79. The predicted molar refractivity (Wildman–Crippen MR) is 151 cm³/mol. The van der Waals surface area contributed by atoms with Crippen molar-refractivity contribution in [3.8, 4) is 0 Å². The Kier molecular flexibility index (Phi) is 8.42. The lowest BCUT2D eigenvalue weighted by atomic mass is 9.59. The highest BCUT2D eigenvalue weighted by molar-refractivity contribution is 6.02. The molecule has 0 radical (unpaired) electrons. The molecule has 0 aliphatic carbocycles. The first-order chi connectivity index (χ1) is 20.7. The summed E-state index contributed by atoms with van der Waals surface area (Å²) in [7, 11) is 0. The van der Waals surface area contributed by atoms with E-state index in [2.05, 4.69) is 0 Å². The molecule has 232 valence electrons. The van der Waals surface area contributed by atoms with E-state index in [1.54, 1.807) is 13.8 Å². The van der Waals surface area contributed by atoms with E-state index in [-0.39, 0.29) is 55.9 Å². The second-order valence-electron chi connectivity index (χ2n) is 11.2. The number of fused-ring (bicyclic) bond motifs is 2. The molecule has 2 aromatic rings. The van der Waals surface area contributed by atoms with Gasteiger partial charge in [0.2, 0.25) is 0 Å². The first-order valence-corrected chi connectivity index (χ1v) is 13.7. The normalized spacial score (nSPS) is 21.1. The van der Waals surface area contributed by atoms with Gasteiger partial charge in [-0.05, 0) is 12.8 Å². The molecule has 17 heteroatoms. The number of nitro benzene ring substituents is 4. The zero-order valence-electron chi connectivity index (χ0n) is 23.8. The van der Waals surface area contributed by atoms with Crippen molar-refractivity contribution in [3.63, 3.8) is 0 Å². The smallest absolute Gasteiger partial charge is 0.277 e.